The van der Waals surface area contributed by atoms with E-state index in [0.29, 0.717) is 6.42 Å². The van der Waals surface area contributed by atoms with Crippen molar-refractivity contribution in [1.29, 1.82) is 0 Å². The fraction of sp³-hybridized carbons (Fsp3) is 0.909. The van der Waals surface area contributed by atoms with Gasteiger partial charge in [0.25, 0.3) is 0 Å². The van der Waals surface area contributed by atoms with E-state index in [1.807, 2.05) is 0 Å². The normalized spacial score (nSPS) is 22.8. The largest absolute Gasteiger partial charge is 0.468 e. The highest BCUT2D eigenvalue weighted by molar-refractivity contribution is 5.75. The van der Waals surface area contributed by atoms with Crippen LogP contribution in [0.4, 0.5) is 0 Å². The molecule has 5 nitrogen and oxygen atoms in total. The van der Waals surface area contributed by atoms with Crippen molar-refractivity contribution in [3.63, 3.8) is 0 Å². The Morgan fingerprint density at radius 2 is 2.31 bits per heavy atom. The van der Waals surface area contributed by atoms with Crippen LogP contribution < -0.4 is 5.73 Å². The summed E-state index contributed by atoms with van der Waals surface area (Å²) < 4.78 is 10.0. The Balaban J connectivity index is 2.39. The molecule has 2 N–H and O–H groups in total. The number of nitrogens with zero attached hydrogens (tertiary/aromatic N) is 1. The number of nitrogens with two attached hydrogens (primary N) is 1. The minimum Gasteiger partial charge on any atom is -0.468 e. The van der Waals surface area contributed by atoms with E-state index in [-0.39, 0.29) is 11.5 Å². The lowest BCUT2D eigenvalue weighted by atomic mass is 10.0. The summed E-state index contributed by atoms with van der Waals surface area (Å²) in [5.74, 6) is -0.342. The summed E-state index contributed by atoms with van der Waals surface area (Å²) in [6, 6.07) is -0.524. The molecule has 1 unspecified atom stereocenters. The van der Waals surface area contributed by atoms with Crippen LogP contribution in [0.15, 0.2) is 0 Å². The molecule has 1 aliphatic rings. The molecule has 1 saturated heterocycles. The van der Waals surface area contributed by atoms with Crippen LogP contribution in [0.1, 0.15) is 20.3 Å². The molecule has 0 spiro atoms. The van der Waals surface area contributed by atoms with Crippen molar-refractivity contribution in [2.75, 3.05) is 33.4 Å². The Kier molecular flexibility index (Phi) is 4.70. The van der Waals surface area contributed by atoms with Crippen molar-refractivity contribution < 1.29 is 14.3 Å². The van der Waals surface area contributed by atoms with E-state index in [1.54, 1.807) is 0 Å². The van der Waals surface area contributed by atoms with E-state index in [0.717, 1.165) is 26.3 Å². The van der Waals surface area contributed by atoms with Gasteiger partial charge in [0, 0.05) is 18.6 Å². The Morgan fingerprint density at radius 3 is 2.88 bits per heavy atom. The number of carbonyl (C=O) groups excluding carboxylic acids is 1. The third-order valence-corrected chi connectivity index (χ3v) is 3.03. The zero-order valence-corrected chi connectivity index (χ0v) is 10.4. The van der Waals surface area contributed by atoms with Crippen molar-refractivity contribution in [1.82, 2.24) is 4.90 Å². The predicted octanol–water partition coefficient (Wildman–Crippen LogP) is -0.0124. The summed E-state index contributed by atoms with van der Waals surface area (Å²) in [5.41, 5.74) is 5.72. The summed E-state index contributed by atoms with van der Waals surface area (Å²) >= 11 is 0. The topological polar surface area (TPSA) is 64.8 Å². The maximum atomic E-state index is 11.2. The molecule has 1 aliphatic heterocycles. The average molecular weight is 230 g/mol. The first-order valence-corrected chi connectivity index (χ1v) is 5.63. The third-order valence-electron chi connectivity index (χ3n) is 3.03. The number of esters is 1. The van der Waals surface area contributed by atoms with Gasteiger partial charge in [0.1, 0.15) is 6.04 Å². The molecule has 1 heterocycles. The fourth-order valence-corrected chi connectivity index (χ4v) is 1.87. The molecule has 16 heavy (non-hydrogen) atoms. The van der Waals surface area contributed by atoms with Gasteiger partial charge in [-0.25, -0.2) is 0 Å². The molecule has 0 radical (unpaired) electrons. The second-order valence-electron chi connectivity index (χ2n) is 4.77. The van der Waals surface area contributed by atoms with E-state index in [1.165, 1.54) is 7.11 Å². The summed E-state index contributed by atoms with van der Waals surface area (Å²) in [5, 5.41) is 0. The second-order valence-corrected chi connectivity index (χ2v) is 4.77. The van der Waals surface area contributed by atoms with Crippen LogP contribution in [0.25, 0.3) is 0 Å². The molecule has 0 bridgehead atoms. The first-order valence-electron chi connectivity index (χ1n) is 5.63. The van der Waals surface area contributed by atoms with Gasteiger partial charge < -0.3 is 15.2 Å². The molecule has 1 atom stereocenters. The van der Waals surface area contributed by atoms with Gasteiger partial charge in [-0.15, -0.1) is 0 Å². The van der Waals surface area contributed by atoms with E-state index in [2.05, 4.69) is 23.5 Å². The van der Waals surface area contributed by atoms with Crippen LogP contribution in [-0.2, 0) is 14.3 Å². The van der Waals surface area contributed by atoms with Crippen LogP contribution in [0.5, 0.6) is 0 Å². The minimum absolute atomic E-state index is 0.0219. The Bertz CT molecular complexity index is 243. The highest BCUT2D eigenvalue weighted by Gasteiger charge is 2.30. The molecule has 94 valence electrons. The number of hydrogen-bond acceptors (Lipinski definition) is 5. The monoisotopic (exact) mass is 230 g/mol. The van der Waals surface area contributed by atoms with Gasteiger partial charge in [0.05, 0.1) is 20.3 Å². The van der Waals surface area contributed by atoms with Crippen molar-refractivity contribution in [2.24, 2.45) is 5.73 Å². The van der Waals surface area contributed by atoms with Gasteiger partial charge in [0.2, 0.25) is 0 Å². The number of rotatable bonds is 4. The summed E-state index contributed by atoms with van der Waals surface area (Å²) in [4.78, 5) is 13.5. The zero-order chi connectivity index (χ0) is 12.2. The molecule has 0 saturated carbocycles. The lowest BCUT2D eigenvalue weighted by Crippen LogP contribution is -2.54. The van der Waals surface area contributed by atoms with Crippen molar-refractivity contribution in [3.05, 3.63) is 0 Å². The van der Waals surface area contributed by atoms with Crippen LogP contribution in [-0.4, -0.2) is 55.9 Å². The lowest BCUT2D eigenvalue weighted by Gasteiger charge is -2.42. The van der Waals surface area contributed by atoms with E-state index >= 15 is 0 Å². The molecule has 0 aliphatic carbocycles. The van der Waals surface area contributed by atoms with Gasteiger partial charge in [0.15, 0.2) is 0 Å². The molecular weight excluding hydrogens is 208 g/mol. The number of ether oxygens (including phenoxy) is 2. The number of morpholine rings is 1. The number of carbonyl (C=O) groups is 1. The Morgan fingerprint density at radius 1 is 1.62 bits per heavy atom. The highest BCUT2D eigenvalue weighted by Crippen LogP contribution is 2.19. The Labute approximate surface area is 96.9 Å². The smallest absolute Gasteiger partial charge is 0.322 e. The summed E-state index contributed by atoms with van der Waals surface area (Å²) in [7, 11) is 1.36. The van der Waals surface area contributed by atoms with Gasteiger partial charge in [-0.3, -0.25) is 9.69 Å². The van der Waals surface area contributed by atoms with Crippen LogP contribution in [0.3, 0.4) is 0 Å². The molecule has 0 aromatic heterocycles. The molecule has 0 aromatic carbocycles. The predicted molar refractivity (Wildman–Crippen MR) is 61.1 cm³/mol. The minimum atomic E-state index is -0.524. The summed E-state index contributed by atoms with van der Waals surface area (Å²) in [6.45, 7) is 7.43. The zero-order valence-electron chi connectivity index (χ0n) is 10.4. The second kappa shape index (κ2) is 5.61. The molecule has 5 heteroatoms. The van der Waals surface area contributed by atoms with Crippen LogP contribution in [0.2, 0.25) is 0 Å². The van der Waals surface area contributed by atoms with Gasteiger partial charge in [-0.05, 0) is 20.3 Å². The number of hydrogen-bond donors (Lipinski definition) is 1. The molecule has 1 rings (SSSR count). The quantitative estimate of drug-likeness (QED) is 0.688. The van der Waals surface area contributed by atoms with Crippen molar-refractivity contribution >= 4 is 5.97 Å². The maximum absolute atomic E-state index is 11.2. The van der Waals surface area contributed by atoms with E-state index in [4.69, 9.17) is 10.5 Å². The van der Waals surface area contributed by atoms with Gasteiger partial charge >= 0.3 is 5.97 Å². The standard InChI is InChI=1S/C11H22N2O3/c1-11(2)8-16-7-6-13(11)5-4-9(12)10(14)15-3/h9H,4-8,12H2,1-3H3. The average Bonchev–Trinajstić information content (AvgIpc) is 2.25. The van der Waals surface area contributed by atoms with Crippen LogP contribution in [0, 0.1) is 0 Å². The maximum Gasteiger partial charge on any atom is 0.322 e. The Hall–Kier alpha value is -0.650. The lowest BCUT2D eigenvalue weighted by molar-refractivity contribution is -0.142. The highest BCUT2D eigenvalue weighted by atomic mass is 16.5. The van der Waals surface area contributed by atoms with Gasteiger partial charge in [-0.1, -0.05) is 0 Å². The molecule has 0 aromatic rings. The van der Waals surface area contributed by atoms with E-state index < -0.39 is 6.04 Å². The first-order chi connectivity index (χ1) is 7.47. The van der Waals surface area contributed by atoms with Crippen LogP contribution >= 0.6 is 0 Å². The van der Waals surface area contributed by atoms with Gasteiger partial charge in [-0.2, -0.15) is 0 Å². The number of methoxy groups -OCH3 is 1. The third kappa shape index (κ3) is 3.43. The SMILES string of the molecule is COC(=O)C(N)CCN1CCOCC1(C)C. The van der Waals surface area contributed by atoms with Crippen molar-refractivity contribution in [3.8, 4) is 0 Å². The van der Waals surface area contributed by atoms with Crippen molar-refractivity contribution in [2.45, 2.75) is 31.8 Å². The molecule has 1 fully saturated rings. The molecule has 0 amide bonds. The molecular formula is C11H22N2O3. The summed E-state index contributed by atoms with van der Waals surface area (Å²) in [6.07, 6.45) is 0.621. The fourth-order valence-electron chi connectivity index (χ4n) is 1.87. The van der Waals surface area contributed by atoms with E-state index in [9.17, 15) is 4.79 Å². The first kappa shape index (κ1) is 13.4.